The van der Waals surface area contributed by atoms with Gasteiger partial charge in [0.05, 0.1) is 12.6 Å². The lowest BCUT2D eigenvalue weighted by Crippen LogP contribution is -2.91. The van der Waals surface area contributed by atoms with Gasteiger partial charge in [-0.1, -0.05) is 6.92 Å². The van der Waals surface area contributed by atoms with Gasteiger partial charge in [-0.05, 0) is 26.2 Å². The quantitative estimate of drug-likeness (QED) is 0.537. The van der Waals surface area contributed by atoms with E-state index in [0.717, 1.165) is 12.0 Å². The van der Waals surface area contributed by atoms with E-state index in [4.69, 9.17) is 0 Å². The predicted molar refractivity (Wildman–Crippen MR) is 39.3 cm³/mol. The van der Waals surface area contributed by atoms with Crippen LogP contribution in [-0.4, -0.2) is 12.6 Å². The maximum atomic E-state index is 2.48. The molecule has 0 unspecified atom stereocenters. The Morgan fingerprint density at radius 1 is 1.44 bits per heavy atom. The summed E-state index contributed by atoms with van der Waals surface area (Å²) in [4.78, 5) is 0. The molecule has 1 rings (SSSR count). The minimum absolute atomic E-state index is 0.896. The third-order valence-electron chi connectivity index (χ3n) is 2.48. The summed E-state index contributed by atoms with van der Waals surface area (Å²) < 4.78 is 0. The summed E-state index contributed by atoms with van der Waals surface area (Å²) in [5, 5.41) is 2.48. The van der Waals surface area contributed by atoms with Gasteiger partial charge in [0.15, 0.2) is 0 Å². The SMILES string of the molecule is CC[C@@H]1CC[C@@H](C)[NH2+]C1. The molecule has 1 aliphatic rings. The van der Waals surface area contributed by atoms with Crippen molar-refractivity contribution in [3.63, 3.8) is 0 Å². The first-order chi connectivity index (χ1) is 4.33. The van der Waals surface area contributed by atoms with E-state index < -0.39 is 0 Å². The van der Waals surface area contributed by atoms with Gasteiger partial charge in [0.25, 0.3) is 0 Å². The van der Waals surface area contributed by atoms with E-state index in [-0.39, 0.29) is 0 Å². The van der Waals surface area contributed by atoms with Crippen molar-refractivity contribution in [3.8, 4) is 0 Å². The number of hydrogen-bond donors (Lipinski definition) is 1. The molecule has 0 aromatic heterocycles. The third-order valence-corrected chi connectivity index (χ3v) is 2.48. The fraction of sp³-hybridized carbons (Fsp3) is 1.00. The van der Waals surface area contributed by atoms with Crippen LogP contribution < -0.4 is 5.32 Å². The first-order valence-corrected chi connectivity index (χ1v) is 4.16. The molecule has 0 bridgehead atoms. The lowest BCUT2D eigenvalue weighted by atomic mass is 9.94. The topological polar surface area (TPSA) is 16.6 Å². The van der Waals surface area contributed by atoms with Gasteiger partial charge in [-0.25, -0.2) is 0 Å². The standard InChI is InChI=1S/C8H17N/c1-3-8-5-4-7(2)9-6-8/h7-9H,3-6H2,1-2H3/p+1/t7-,8-/m1/s1. The van der Waals surface area contributed by atoms with Gasteiger partial charge in [-0.2, -0.15) is 0 Å². The van der Waals surface area contributed by atoms with Crippen LogP contribution in [-0.2, 0) is 0 Å². The molecule has 2 N–H and O–H groups in total. The van der Waals surface area contributed by atoms with Crippen LogP contribution in [0.3, 0.4) is 0 Å². The van der Waals surface area contributed by atoms with Crippen molar-refractivity contribution in [1.29, 1.82) is 0 Å². The molecule has 0 saturated carbocycles. The van der Waals surface area contributed by atoms with Crippen molar-refractivity contribution in [2.24, 2.45) is 5.92 Å². The van der Waals surface area contributed by atoms with E-state index in [1.807, 2.05) is 0 Å². The molecule has 1 fully saturated rings. The van der Waals surface area contributed by atoms with Crippen molar-refractivity contribution < 1.29 is 5.32 Å². The largest absolute Gasteiger partial charge is 0.344 e. The van der Waals surface area contributed by atoms with Gasteiger partial charge >= 0.3 is 0 Å². The molecular formula is C8H18N+. The molecule has 0 amide bonds. The van der Waals surface area contributed by atoms with E-state index in [1.165, 1.54) is 25.8 Å². The molecule has 1 aliphatic heterocycles. The summed E-state index contributed by atoms with van der Waals surface area (Å²) in [6.45, 7) is 6.00. The molecule has 2 atom stereocenters. The maximum absolute atomic E-state index is 2.48. The summed E-state index contributed by atoms with van der Waals surface area (Å²) in [5.74, 6) is 1.01. The average Bonchev–Trinajstić information content (AvgIpc) is 1.90. The van der Waals surface area contributed by atoms with Crippen molar-refractivity contribution in [2.45, 2.75) is 39.2 Å². The van der Waals surface area contributed by atoms with Crippen molar-refractivity contribution in [2.75, 3.05) is 6.54 Å². The predicted octanol–water partition coefficient (Wildman–Crippen LogP) is 0.758. The molecular weight excluding hydrogens is 110 g/mol. The number of nitrogens with two attached hydrogens (primary N) is 1. The first-order valence-electron chi connectivity index (χ1n) is 4.16. The van der Waals surface area contributed by atoms with E-state index >= 15 is 0 Å². The van der Waals surface area contributed by atoms with Gasteiger partial charge in [-0.3, -0.25) is 0 Å². The van der Waals surface area contributed by atoms with E-state index in [1.54, 1.807) is 0 Å². The highest BCUT2D eigenvalue weighted by atomic mass is 14.9. The smallest absolute Gasteiger partial charge is 0.0830 e. The summed E-state index contributed by atoms with van der Waals surface area (Å²) in [5.41, 5.74) is 0. The Bertz CT molecular complexity index is 72.6. The molecule has 0 aromatic carbocycles. The second-order valence-electron chi connectivity index (χ2n) is 3.30. The summed E-state index contributed by atoms with van der Waals surface area (Å²) in [6, 6.07) is 0.896. The Morgan fingerprint density at radius 3 is 2.67 bits per heavy atom. The van der Waals surface area contributed by atoms with Crippen LogP contribution in [0.5, 0.6) is 0 Å². The number of hydrogen-bond acceptors (Lipinski definition) is 0. The van der Waals surface area contributed by atoms with Gasteiger partial charge in [-0.15, -0.1) is 0 Å². The second-order valence-corrected chi connectivity index (χ2v) is 3.30. The zero-order valence-electron chi connectivity index (χ0n) is 6.56. The molecule has 0 aromatic rings. The lowest BCUT2D eigenvalue weighted by Gasteiger charge is -2.23. The van der Waals surface area contributed by atoms with Gasteiger partial charge in [0.2, 0.25) is 0 Å². The maximum Gasteiger partial charge on any atom is 0.0830 e. The highest BCUT2D eigenvalue weighted by Gasteiger charge is 2.18. The van der Waals surface area contributed by atoms with Crippen LogP contribution in [0.1, 0.15) is 33.1 Å². The van der Waals surface area contributed by atoms with Crippen molar-refractivity contribution in [1.82, 2.24) is 0 Å². The minimum atomic E-state index is 0.896. The highest BCUT2D eigenvalue weighted by molar-refractivity contribution is 4.61. The Hall–Kier alpha value is -0.0400. The molecule has 0 aliphatic carbocycles. The van der Waals surface area contributed by atoms with Crippen LogP contribution in [0, 0.1) is 5.92 Å². The summed E-state index contributed by atoms with van der Waals surface area (Å²) in [6.07, 6.45) is 4.27. The molecule has 1 heterocycles. The van der Waals surface area contributed by atoms with Crippen LogP contribution in [0.4, 0.5) is 0 Å². The Kier molecular flexibility index (Phi) is 2.52. The normalized spacial score (nSPS) is 36.7. The number of rotatable bonds is 1. The molecule has 9 heavy (non-hydrogen) atoms. The highest BCUT2D eigenvalue weighted by Crippen LogP contribution is 2.12. The van der Waals surface area contributed by atoms with Crippen LogP contribution >= 0.6 is 0 Å². The van der Waals surface area contributed by atoms with Crippen LogP contribution in [0.2, 0.25) is 0 Å². The van der Waals surface area contributed by atoms with E-state index in [0.29, 0.717) is 0 Å². The summed E-state index contributed by atoms with van der Waals surface area (Å²) >= 11 is 0. The molecule has 0 radical (unpaired) electrons. The molecule has 0 spiro atoms. The molecule has 54 valence electrons. The Labute approximate surface area is 57.8 Å². The zero-order chi connectivity index (χ0) is 6.69. The van der Waals surface area contributed by atoms with Gasteiger partial charge < -0.3 is 5.32 Å². The van der Waals surface area contributed by atoms with Crippen molar-refractivity contribution in [3.05, 3.63) is 0 Å². The van der Waals surface area contributed by atoms with Crippen molar-refractivity contribution >= 4 is 0 Å². The molecule has 1 nitrogen and oxygen atoms in total. The minimum Gasteiger partial charge on any atom is -0.344 e. The average molecular weight is 128 g/mol. The monoisotopic (exact) mass is 128 g/mol. The van der Waals surface area contributed by atoms with Crippen LogP contribution in [0.15, 0.2) is 0 Å². The van der Waals surface area contributed by atoms with E-state index in [9.17, 15) is 0 Å². The third kappa shape index (κ3) is 1.98. The first kappa shape index (κ1) is 7.07. The Morgan fingerprint density at radius 2 is 2.22 bits per heavy atom. The fourth-order valence-corrected chi connectivity index (χ4v) is 1.53. The zero-order valence-corrected chi connectivity index (χ0v) is 6.56. The number of piperidine rings is 1. The van der Waals surface area contributed by atoms with Gasteiger partial charge in [0.1, 0.15) is 0 Å². The summed E-state index contributed by atoms with van der Waals surface area (Å²) in [7, 11) is 0. The second kappa shape index (κ2) is 3.21. The van der Waals surface area contributed by atoms with Crippen LogP contribution in [0.25, 0.3) is 0 Å². The molecule has 1 heteroatoms. The molecule has 1 saturated heterocycles. The van der Waals surface area contributed by atoms with Gasteiger partial charge in [0, 0.05) is 5.92 Å². The Balaban J connectivity index is 2.18. The lowest BCUT2D eigenvalue weighted by molar-refractivity contribution is -0.700. The number of quaternary nitrogens is 1. The van der Waals surface area contributed by atoms with E-state index in [2.05, 4.69) is 19.2 Å². The fourth-order valence-electron chi connectivity index (χ4n) is 1.53.